The summed E-state index contributed by atoms with van der Waals surface area (Å²) in [6.07, 6.45) is 0.653. The fraction of sp³-hybridized carbons (Fsp3) is 0.222. The Hall–Kier alpha value is -2.02. The standard InChI is InChI=1S/C18H18Cl2N2O3S/c1-24-13-8-6-12(7-9-13)17(23)22-18(26)21-10-3-11-25-16-14(19)4-2-5-15(16)20/h2,4-9H,3,10-11H2,1H3,(H2,21,22,23,26). The maximum absolute atomic E-state index is 12.1. The van der Waals surface area contributed by atoms with Gasteiger partial charge < -0.3 is 14.8 Å². The Balaban J connectivity index is 1.69. The van der Waals surface area contributed by atoms with Crippen molar-refractivity contribution in [2.45, 2.75) is 6.42 Å². The lowest BCUT2D eigenvalue weighted by Gasteiger charge is -2.11. The van der Waals surface area contributed by atoms with Crippen LogP contribution in [0.3, 0.4) is 0 Å². The maximum atomic E-state index is 12.1. The molecule has 0 radical (unpaired) electrons. The molecule has 0 fully saturated rings. The lowest BCUT2D eigenvalue weighted by atomic mass is 10.2. The average Bonchev–Trinajstić information content (AvgIpc) is 2.63. The summed E-state index contributed by atoms with van der Waals surface area (Å²) in [7, 11) is 1.57. The molecule has 0 spiro atoms. The average molecular weight is 413 g/mol. The quantitative estimate of drug-likeness (QED) is 0.529. The van der Waals surface area contributed by atoms with Crippen LogP contribution in [-0.4, -0.2) is 31.3 Å². The van der Waals surface area contributed by atoms with Gasteiger partial charge in [-0.2, -0.15) is 0 Å². The Morgan fingerprint density at radius 3 is 2.38 bits per heavy atom. The van der Waals surface area contributed by atoms with E-state index in [2.05, 4.69) is 10.6 Å². The first-order valence-electron chi connectivity index (χ1n) is 7.81. The first kappa shape index (κ1) is 20.3. The molecular weight excluding hydrogens is 395 g/mol. The smallest absolute Gasteiger partial charge is 0.257 e. The molecule has 138 valence electrons. The zero-order valence-electron chi connectivity index (χ0n) is 14.1. The number of thiocarbonyl (C=S) groups is 1. The fourth-order valence-corrected chi connectivity index (χ4v) is 2.73. The zero-order chi connectivity index (χ0) is 18.9. The summed E-state index contributed by atoms with van der Waals surface area (Å²) in [5.74, 6) is 0.858. The van der Waals surface area contributed by atoms with Crippen LogP contribution in [-0.2, 0) is 0 Å². The maximum Gasteiger partial charge on any atom is 0.257 e. The molecule has 0 aromatic heterocycles. The van der Waals surface area contributed by atoms with Crippen molar-refractivity contribution in [1.29, 1.82) is 0 Å². The molecule has 0 saturated carbocycles. The van der Waals surface area contributed by atoms with Gasteiger partial charge in [0.05, 0.1) is 23.8 Å². The van der Waals surface area contributed by atoms with E-state index in [9.17, 15) is 4.79 Å². The number of hydrogen-bond acceptors (Lipinski definition) is 4. The zero-order valence-corrected chi connectivity index (χ0v) is 16.4. The molecule has 2 rings (SSSR count). The highest BCUT2D eigenvalue weighted by molar-refractivity contribution is 7.80. The third-order valence-corrected chi connectivity index (χ3v) is 4.19. The van der Waals surface area contributed by atoms with E-state index in [1.165, 1.54) is 0 Å². The number of carbonyl (C=O) groups is 1. The van der Waals surface area contributed by atoms with Crippen LogP contribution in [0.15, 0.2) is 42.5 Å². The van der Waals surface area contributed by atoms with E-state index in [1.54, 1.807) is 49.6 Å². The number of benzene rings is 2. The molecule has 2 N–H and O–H groups in total. The van der Waals surface area contributed by atoms with Crippen LogP contribution < -0.4 is 20.1 Å². The first-order valence-corrected chi connectivity index (χ1v) is 8.97. The Labute approximate surface area is 167 Å². The van der Waals surface area contributed by atoms with Crippen molar-refractivity contribution >= 4 is 46.4 Å². The number of ether oxygens (including phenoxy) is 2. The number of hydrogen-bond donors (Lipinski definition) is 2. The SMILES string of the molecule is COc1ccc(C(=O)NC(=S)NCCCOc2c(Cl)cccc2Cl)cc1. The van der Waals surface area contributed by atoms with Crippen molar-refractivity contribution in [1.82, 2.24) is 10.6 Å². The number of methoxy groups -OCH3 is 1. The van der Waals surface area contributed by atoms with E-state index < -0.39 is 0 Å². The van der Waals surface area contributed by atoms with Crippen molar-refractivity contribution in [3.05, 3.63) is 58.1 Å². The van der Waals surface area contributed by atoms with E-state index in [-0.39, 0.29) is 11.0 Å². The minimum Gasteiger partial charge on any atom is -0.497 e. The lowest BCUT2D eigenvalue weighted by molar-refractivity contribution is 0.0976. The molecular formula is C18H18Cl2N2O3S. The van der Waals surface area contributed by atoms with Crippen molar-refractivity contribution in [2.24, 2.45) is 0 Å². The van der Waals surface area contributed by atoms with Gasteiger partial charge in [-0.05, 0) is 55.0 Å². The molecule has 0 aliphatic heterocycles. The molecule has 0 saturated heterocycles. The van der Waals surface area contributed by atoms with E-state index in [1.807, 2.05) is 0 Å². The van der Waals surface area contributed by atoms with Crippen LogP contribution in [0.1, 0.15) is 16.8 Å². The molecule has 26 heavy (non-hydrogen) atoms. The Morgan fingerprint density at radius 1 is 1.12 bits per heavy atom. The predicted molar refractivity (Wildman–Crippen MR) is 108 cm³/mol. The Bertz CT molecular complexity index is 749. The van der Waals surface area contributed by atoms with Crippen LogP contribution in [0.25, 0.3) is 0 Å². The summed E-state index contributed by atoms with van der Waals surface area (Å²) in [4.78, 5) is 12.1. The highest BCUT2D eigenvalue weighted by Crippen LogP contribution is 2.32. The van der Waals surface area contributed by atoms with Gasteiger partial charge in [-0.3, -0.25) is 10.1 Å². The largest absolute Gasteiger partial charge is 0.497 e. The fourth-order valence-electron chi connectivity index (χ4n) is 2.03. The van der Waals surface area contributed by atoms with Gasteiger partial charge in [-0.15, -0.1) is 0 Å². The van der Waals surface area contributed by atoms with Crippen LogP contribution in [0.5, 0.6) is 11.5 Å². The molecule has 0 heterocycles. The summed E-state index contributed by atoms with van der Waals surface area (Å²) in [6.45, 7) is 0.940. The van der Waals surface area contributed by atoms with E-state index in [0.717, 1.165) is 0 Å². The minimum atomic E-state index is -0.288. The van der Waals surface area contributed by atoms with Gasteiger partial charge in [-0.1, -0.05) is 29.3 Å². The summed E-state index contributed by atoms with van der Waals surface area (Å²) in [6, 6.07) is 11.9. The van der Waals surface area contributed by atoms with Crippen molar-refractivity contribution < 1.29 is 14.3 Å². The van der Waals surface area contributed by atoms with Crippen molar-refractivity contribution in [3.8, 4) is 11.5 Å². The number of halogens is 2. The molecule has 2 aromatic rings. The van der Waals surface area contributed by atoms with E-state index >= 15 is 0 Å². The molecule has 8 heteroatoms. The van der Waals surface area contributed by atoms with Crippen molar-refractivity contribution in [2.75, 3.05) is 20.3 Å². The normalized spacial score (nSPS) is 10.1. The molecule has 2 aromatic carbocycles. The third-order valence-electron chi connectivity index (χ3n) is 3.35. The van der Waals surface area contributed by atoms with E-state index in [0.29, 0.717) is 46.7 Å². The molecule has 0 bridgehead atoms. The number of amides is 1. The number of rotatable bonds is 7. The van der Waals surface area contributed by atoms with Crippen LogP contribution >= 0.6 is 35.4 Å². The van der Waals surface area contributed by atoms with Gasteiger partial charge in [0.2, 0.25) is 0 Å². The topological polar surface area (TPSA) is 59.6 Å². The number of para-hydroxylation sites is 1. The first-order chi connectivity index (χ1) is 12.5. The number of nitrogens with one attached hydrogen (secondary N) is 2. The van der Waals surface area contributed by atoms with Gasteiger partial charge in [0.1, 0.15) is 5.75 Å². The van der Waals surface area contributed by atoms with Gasteiger partial charge in [-0.25, -0.2) is 0 Å². The van der Waals surface area contributed by atoms with Gasteiger partial charge in [0, 0.05) is 12.1 Å². The molecule has 1 amide bonds. The Morgan fingerprint density at radius 2 is 1.77 bits per heavy atom. The van der Waals surface area contributed by atoms with Gasteiger partial charge >= 0.3 is 0 Å². The second-order valence-electron chi connectivity index (χ2n) is 5.19. The highest BCUT2D eigenvalue weighted by Gasteiger charge is 2.08. The molecule has 0 aliphatic rings. The second kappa shape index (κ2) is 10.2. The van der Waals surface area contributed by atoms with Gasteiger partial charge in [0.25, 0.3) is 5.91 Å². The molecule has 5 nitrogen and oxygen atoms in total. The lowest BCUT2D eigenvalue weighted by Crippen LogP contribution is -2.39. The summed E-state index contributed by atoms with van der Waals surface area (Å²) >= 11 is 17.2. The van der Waals surface area contributed by atoms with Crippen molar-refractivity contribution in [3.63, 3.8) is 0 Å². The Kier molecular flexibility index (Phi) is 7.97. The summed E-state index contributed by atoms with van der Waals surface area (Å²) < 4.78 is 10.6. The van der Waals surface area contributed by atoms with Crippen LogP contribution in [0, 0.1) is 0 Å². The molecule has 0 atom stereocenters. The summed E-state index contributed by atoms with van der Waals surface area (Å²) in [5, 5.41) is 6.75. The molecule has 0 unspecified atom stereocenters. The van der Waals surface area contributed by atoms with Crippen LogP contribution in [0.2, 0.25) is 10.0 Å². The summed E-state index contributed by atoms with van der Waals surface area (Å²) in [5.41, 5.74) is 0.492. The molecule has 0 aliphatic carbocycles. The minimum absolute atomic E-state index is 0.251. The second-order valence-corrected chi connectivity index (χ2v) is 6.41. The highest BCUT2D eigenvalue weighted by atomic mass is 35.5. The van der Waals surface area contributed by atoms with Crippen LogP contribution in [0.4, 0.5) is 0 Å². The van der Waals surface area contributed by atoms with E-state index in [4.69, 9.17) is 44.9 Å². The third kappa shape index (κ3) is 6.05. The predicted octanol–water partition coefficient (Wildman–Crippen LogP) is 4.08. The monoisotopic (exact) mass is 412 g/mol. The number of carbonyl (C=O) groups excluding carboxylic acids is 1. The van der Waals surface area contributed by atoms with Gasteiger partial charge in [0.15, 0.2) is 10.9 Å².